The van der Waals surface area contributed by atoms with E-state index in [9.17, 15) is 43.0 Å². The molecule has 6 aromatic carbocycles. The molecule has 0 spiro atoms. The summed E-state index contributed by atoms with van der Waals surface area (Å²) < 4.78 is 51.8. The van der Waals surface area contributed by atoms with Crippen molar-refractivity contribution in [2.75, 3.05) is 16.0 Å². The average Bonchev–Trinajstić information content (AvgIpc) is 3.59. The second-order valence-corrected chi connectivity index (χ2v) is 24.2. The first-order chi connectivity index (χ1) is 38.2. The first kappa shape index (κ1) is 70.9. The maximum Gasteiger partial charge on any atom is 0.513 e. The molecule has 0 aromatic heterocycles. The molecule has 3 amide bonds. The highest BCUT2D eigenvalue weighted by atomic mass is 35.9. The van der Waals surface area contributed by atoms with E-state index in [0.29, 0.717) is 17.1 Å². The van der Waals surface area contributed by atoms with Crippen LogP contribution in [0.15, 0.2) is 164 Å². The third kappa shape index (κ3) is 27.0. The molecule has 82 heavy (non-hydrogen) atoms. The number of para-hydroxylation sites is 6. The van der Waals surface area contributed by atoms with E-state index in [4.69, 9.17) is 51.5 Å². The van der Waals surface area contributed by atoms with Crippen molar-refractivity contribution < 1.29 is 66.3 Å². The largest absolute Gasteiger partial charge is 0.513 e. The molecule has 0 aliphatic carbocycles. The lowest BCUT2D eigenvalue weighted by Gasteiger charge is -2.25. The fourth-order valence-electron chi connectivity index (χ4n) is 6.20. The van der Waals surface area contributed by atoms with Crippen molar-refractivity contribution in [2.24, 2.45) is 5.73 Å². The molecule has 3 atom stereocenters. The lowest BCUT2D eigenvalue weighted by Crippen LogP contribution is -2.37. The van der Waals surface area contributed by atoms with Crippen molar-refractivity contribution >= 4 is 101 Å². The van der Waals surface area contributed by atoms with E-state index in [1.165, 1.54) is 44.2 Å². The first-order valence-corrected chi connectivity index (χ1v) is 30.2. The number of phenols is 1. The van der Waals surface area contributed by atoms with Crippen LogP contribution in [0.25, 0.3) is 0 Å². The van der Waals surface area contributed by atoms with Gasteiger partial charge in [0.25, 0.3) is 17.7 Å². The van der Waals surface area contributed by atoms with E-state index in [-0.39, 0.29) is 70.4 Å². The zero-order valence-corrected chi connectivity index (χ0v) is 50.6. The van der Waals surface area contributed by atoms with Crippen LogP contribution in [0.5, 0.6) is 17.2 Å². The molecule has 0 saturated heterocycles. The predicted molar refractivity (Wildman–Crippen MR) is 322 cm³/mol. The number of anilines is 3. The molecule has 442 valence electrons. The van der Waals surface area contributed by atoms with Crippen LogP contribution in [0.1, 0.15) is 93.4 Å². The van der Waals surface area contributed by atoms with Gasteiger partial charge in [0.05, 0.1) is 35.0 Å². The molecule has 6 rings (SSSR count). The van der Waals surface area contributed by atoms with Gasteiger partial charge in [0.1, 0.15) is 35.4 Å². The van der Waals surface area contributed by atoms with Crippen LogP contribution in [-0.2, 0) is 37.7 Å². The van der Waals surface area contributed by atoms with Gasteiger partial charge in [0.15, 0.2) is 0 Å². The second kappa shape index (κ2) is 35.6. The van der Waals surface area contributed by atoms with Crippen LogP contribution in [0.2, 0.25) is 0 Å². The number of carbonyl (C=O) groups excluding carboxylic acids is 6. The van der Waals surface area contributed by atoms with Crippen molar-refractivity contribution in [1.82, 2.24) is 10.2 Å². The summed E-state index contributed by atoms with van der Waals surface area (Å²) in [6.45, 7) is 14.9. The fraction of sp³-hybridized carbons (Fsp3) is 0.263. The molecule has 8 N–H and O–H groups in total. The molecule has 0 aliphatic heterocycles. The number of halogens is 3. The lowest BCUT2D eigenvalue weighted by molar-refractivity contribution is -0.149. The van der Waals surface area contributed by atoms with E-state index in [0.717, 1.165) is 0 Å². The fourth-order valence-corrected chi connectivity index (χ4v) is 9.19. The molecular formula is C57H69Cl3N6O14P2. The minimum Gasteiger partial charge on any atom is -0.507 e. The smallest absolute Gasteiger partial charge is 0.507 e. The summed E-state index contributed by atoms with van der Waals surface area (Å²) in [5.74, 6) is -6.55. The Morgan fingerprint density at radius 1 is 0.439 bits per heavy atom. The Kier molecular flexibility index (Phi) is 30.7. The average molecular weight is 1230 g/mol. The van der Waals surface area contributed by atoms with E-state index in [1.54, 1.807) is 152 Å². The summed E-state index contributed by atoms with van der Waals surface area (Å²) in [6, 6.07) is 43.0. The number of phenolic OH excluding ortho intramolecular Hbond substituents is 1. The Morgan fingerprint density at radius 2 is 0.732 bits per heavy atom. The van der Waals surface area contributed by atoms with E-state index in [1.807, 2.05) is 30.3 Å². The van der Waals surface area contributed by atoms with Gasteiger partial charge < -0.3 is 50.0 Å². The third-order valence-corrected chi connectivity index (χ3v) is 12.6. The van der Waals surface area contributed by atoms with Gasteiger partial charge >= 0.3 is 31.7 Å². The monoisotopic (exact) mass is 1230 g/mol. The van der Waals surface area contributed by atoms with Crippen LogP contribution in [0, 0.1) is 0 Å². The summed E-state index contributed by atoms with van der Waals surface area (Å²) in [7, 11) is -4.53. The van der Waals surface area contributed by atoms with Crippen molar-refractivity contribution in [3.63, 3.8) is 0 Å². The Morgan fingerprint density at radius 3 is 1.05 bits per heavy atom. The van der Waals surface area contributed by atoms with Crippen LogP contribution >= 0.6 is 48.6 Å². The Hall–Kier alpha value is -7.25. The van der Waals surface area contributed by atoms with Crippen LogP contribution in [0.3, 0.4) is 0 Å². The van der Waals surface area contributed by atoms with Gasteiger partial charge in [-0.2, -0.15) is 5.09 Å². The van der Waals surface area contributed by atoms with Gasteiger partial charge in [0.2, 0.25) is 0 Å². The first-order valence-electron chi connectivity index (χ1n) is 25.1. The molecule has 0 fully saturated rings. The van der Waals surface area contributed by atoms with E-state index < -0.39 is 61.7 Å². The molecule has 0 heterocycles. The molecule has 20 nitrogen and oxygen atoms in total. The molecule has 0 radical (unpaired) electrons. The number of nitrogens with two attached hydrogens (primary N) is 1. The van der Waals surface area contributed by atoms with Gasteiger partial charge in [-0.3, -0.25) is 33.3 Å². The van der Waals surface area contributed by atoms with Crippen molar-refractivity contribution in [3.8, 4) is 17.2 Å². The summed E-state index contributed by atoms with van der Waals surface area (Å²) in [5.41, 5.74) is 7.39. The number of benzene rings is 6. The standard InChI is InChI=1S/C32H32N3O7P.C13H11NO2.C6H12Cl2NO3P.C6H13NO2.ClH/c1-22(2)40-32(38)23(3)35-43(39,41-28-20-12-10-18-26(28)30(36)33-24-14-6-4-7-15-24)42-29-21-13-11-19-27(29)31(37)34-25-16-8-5-9-17-25;15-12-9-5-4-8-11(12)13(16)14-10-6-2-1-3-7-10;1-4(2)12-6(10)5(3)9-13(7,8)11;1-4(2)9-6(8)5(3)7;/h4-23H,1-3H3,(H,33,36)(H,34,37)(H,35,39);1-9,15H,(H,14,16);4-5H,1-3H3,(H,9,11);4-5H,7H2,1-3H3;1H/t23-;;2*5-;/m0.00./s1. The second-order valence-electron chi connectivity index (χ2n) is 18.1. The van der Waals surface area contributed by atoms with E-state index >= 15 is 0 Å². The molecule has 0 bridgehead atoms. The molecule has 0 saturated carbocycles. The Balaban J connectivity index is 0.000000476. The Bertz CT molecular complexity index is 2980. The van der Waals surface area contributed by atoms with Crippen LogP contribution < -0.4 is 40.9 Å². The Labute approximate surface area is 493 Å². The number of nitrogens with one attached hydrogen (secondary N) is 5. The SMILES string of the molecule is CC(C)OC(=O)[C@H](C)N.CC(C)OC(=O)[C@H](C)NP(=O)(Cl)Cl.CC(C)OC(=O)[C@H](C)NP(=O)(Oc1ccccc1C(=O)Nc1ccccc1)Oc1ccccc1C(=O)Nc1ccccc1.Cl.O=C(Nc1ccccc1)c1ccccc1O. The summed E-state index contributed by atoms with van der Waals surface area (Å²) >= 11 is 10.4. The van der Waals surface area contributed by atoms with Gasteiger partial charge in [-0.15, -0.1) is 12.4 Å². The highest BCUT2D eigenvalue weighted by molar-refractivity contribution is 8.07. The van der Waals surface area contributed by atoms with Gasteiger partial charge in [-0.1, -0.05) is 91.0 Å². The van der Waals surface area contributed by atoms with E-state index in [2.05, 4.69) is 26.1 Å². The predicted octanol–water partition coefficient (Wildman–Crippen LogP) is 12.5. The topological polar surface area (TPSA) is 289 Å². The van der Waals surface area contributed by atoms with Crippen molar-refractivity contribution in [1.29, 1.82) is 0 Å². The maximum absolute atomic E-state index is 14.4. The molecular weight excluding hydrogens is 1160 g/mol. The summed E-state index contributed by atoms with van der Waals surface area (Å²) in [5, 5.41) is 22.6. The quantitative estimate of drug-likeness (QED) is 0.0212. The van der Waals surface area contributed by atoms with Gasteiger partial charge in [0, 0.05) is 17.1 Å². The lowest BCUT2D eigenvalue weighted by atomic mass is 10.2. The summed E-state index contributed by atoms with van der Waals surface area (Å²) in [4.78, 5) is 72.5. The zero-order valence-electron chi connectivity index (χ0n) is 46.4. The highest BCUT2D eigenvalue weighted by Crippen LogP contribution is 2.52. The molecule has 25 heteroatoms. The molecule has 0 aliphatic rings. The number of rotatable bonds is 20. The molecule has 0 unspecified atom stereocenters. The number of carbonyl (C=O) groups is 6. The number of hydrogen-bond acceptors (Lipinski definition) is 15. The van der Waals surface area contributed by atoms with Gasteiger partial charge in [-0.05, 0) is 158 Å². The third-order valence-electron chi connectivity index (χ3n) is 9.77. The number of ether oxygens (including phenoxy) is 3. The van der Waals surface area contributed by atoms with Gasteiger partial charge in [-0.25, -0.2) is 9.65 Å². The summed E-state index contributed by atoms with van der Waals surface area (Å²) in [6.07, 6.45) is -0.715. The number of esters is 3. The van der Waals surface area contributed by atoms with Crippen LogP contribution in [-0.4, -0.2) is 77.2 Å². The van der Waals surface area contributed by atoms with Crippen molar-refractivity contribution in [2.45, 2.75) is 98.8 Å². The normalized spacial score (nSPS) is 11.8. The highest BCUT2D eigenvalue weighted by Gasteiger charge is 2.36. The molecule has 6 aromatic rings. The minimum atomic E-state index is -4.53. The number of amides is 3. The van der Waals surface area contributed by atoms with Crippen molar-refractivity contribution in [3.05, 3.63) is 180 Å². The number of aromatic hydroxyl groups is 1. The maximum atomic E-state index is 14.4. The number of hydrogen-bond donors (Lipinski definition) is 7. The van der Waals surface area contributed by atoms with Crippen LogP contribution in [0.4, 0.5) is 17.1 Å². The minimum absolute atomic E-state index is 0. The zero-order chi connectivity index (χ0) is 60.3.